The molecule has 4 rings (SSSR count). The number of nitrogens with zero attached hydrogens (tertiary/aromatic N) is 4. The Morgan fingerprint density at radius 2 is 1.80 bits per heavy atom. The van der Waals surface area contributed by atoms with Gasteiger partial charge in [0.1, 0.15) is 11.5 Å². The van der Waals surface area contributed by atoms with Gasteiger partial charge in [-0.3, -0.25) is 9.59 Å². The molecule has 2 aromatic carbocycles. The van der Waals surface area contributed by atoms with Gasteiger partial charge >= 0.3 is 17.8 Å². The van der Waals surface area contributed by atoms with E-state index < -0.39 is 41.5 Å². The topological polar surface area (TPSA) is 134 Å². The number of aromatic nitrogens is 1. The average Bonchev–Trinajstić information content (AvgIpc) is 3.49. The molecule has 228 valence electrons. The van der Waals surface area contributed by atoms with Crippen LogP contribution in [0.5, 0.6) is 5.75 Å². The molecule has 3 aromatic rings. The average molecular weight is 631 g/mol. The van der Waals surface area contributed by atoms with Gasteiger partial charge in [0.25, 0.3) is 5.56 Å². The summed E-state index contributed by atoms with van der Waals surface area (Å²) in [6.07, 6.45) is 0.748. The Balaban J connectivity index is 1.52. The Bertz CT molecular complexity index is 1800. The fraction of sp³-hybridized carbons (Fsp3) is 0.267. The van der Waals surface area contributed by atoms with Gasteiger partial charge in [-0.2, -0.15) is 33.0 Å². The van der Waals surface area contributed by atoms with Crippen LogP contribution in [0.25, 0.3) is 11.1 Å². The molecular weight excluding hydrogens is 608 g/mol. The van der Waals surface area contributed by atoms with E-state index in [2.05, 4.69) is 16.3 Å². The van der Waals surface area contributed by atoms with Crippen LogP contribution in [0.2, 0.25) is 5.02 Å². The number of aliphatic carboxylic acids is 1. The molecule has 1 aliphatic heterocycles. The summed E-state index contributed by atoms with van der Waals surface area (Å²) in [7, 11) is 1.38. The largest absolute Gasteiger partial charge is 0.495 e. The van der Waals surface area contributed by atoms with Gasteiger partial charge in [0.05, 0.1) is 36.7 Å². The number of carbonyl (C=O) groups is 2. The quantitative estimate of drug-likeness (QED) is 0.270. The molecule has 44 heavy (non-hydrogen) atoms. The highest BCUT2D eigenvalue weighted by molar-refractivity contribution is 6.31. The number of carboxylic acid groups (broad SMARTS) is 1. The number of rotatable bonds is 11. The second-order valence-corrected chi connectivity index (χ2v) is 10.2. The van der Waals surface area contributed by atoms with Crippen LogP contribution in [0.3, 0.4) is 0 Å². The molecule has 9 nitrogen and oxygen atoms in total. The summed E-state index contributed by atoms with van der Waals surface area (Å²) in [4.78, 5) is 37.2. The molecule has 1 aromatic heterocycles. The summed E-state index contributed by atoms with van der Waals surface area (Å²) < 4.78 is 62.1. The van der Waals surface area contributed by atoms with E-state index in [1.54, 1.807) is 13.0 Å². The number of hydrogen-bond acceptors (Lipinski definition) is 7. The fourth-order valence-corrected chi connectivity index (χ4v) is 4.87. The highest BCUT2D eigenvalue weighted by Gasteiger charge is 2.66. The van der Waals surface area contributed by atoms with Gasteiger partial charge in [0.2, 0.25) is 0 Å². The third-order valence-corrected chi connectivity index (χ3v) is 7.30. The Morgan fingerprint density at radius 1 is 1.11 bits per heavy atom. The van der Waals surface area contributed by atoms with Crippen molar-refractivity contribution in [2.24, 2.45) is 10.2 Å². The van der Waals surface area contributed by atoms with E-state index in [9.17, 15) is 37.2 Å². The Hall–Kier alpha value is -4.83. The van der Waals surface area contributed by atoms with Gasteiger partial charge in [-0.25, -0.2) is 4.79 Å². The van der Waals surface area contributed by atoms with E-state index in [-0.39, 0.29) is 41.2 Å². The number of pyridine rings is 1. The van der Waals surface area contributed by atoms with Crippen LogP contribution >= 0.6 is 11.6 Å². The van der Waals surface area contributed by atoms with E-state index in [1.807, 2.05) is 0 Å². The van der Waals surface area contributed by atoms with Crippen molar-refractivity contribution in [1.29, 1.82) is 5.26 Å². The number of hydrogen-bond donors (Lipinski definition) is 1. The number of Topliss-reactive ketones (excluding diaryl/α,β-unsaturated/α-hetero) is 1. The summed E-state index contributed by atoms with van der Waals surface area (Å²) in [5.41, 5.74) is -0.208. The monoisotopic (exact) mass is 630 g/mol. The van der Waals surface area contributed by atoms with Crippen molar-refractivity contribution in [2.75, 3.05) is 7.11 Å². The first-order valence-electron chi connectivity index (χ1n) is 13.0. The number of nitriles is 1. The Labute approximate surface area is 252 Å². The summed E-state index contributed by atoms with van der Waals surface area (Å²) in [6, 6.07) is 12.9. The molecule has 1 atom stereocenters. The van der Waals surface area contributed by atoms with Crippen LogP contribution in [0.4, 0.5) is 17.6 Å². The SMILES string of the molecule is CCC(C(=O)Cc1ccc(C2=NN=C(C(F)(F)C(F)(F)C(=O)O)C2)cc1)n1cc(OC)c(-c2cc(Cl)ccc2C#N)cc1=O. The van der Waals surface area contributed by atoms with Gasteiger partial charge in [-0.1, -0.05) is 42.8 Å². The zero-order valence-corrected chi connectivity index (χ0v) is 23.9. The summed E-state index contributed by atoms with van der Waals surface area (Å²) in [6.45, 7) is 1.72. The van der Waals surface area contributed by atoms with Gasteiger partial charge in [-0.05, 0) is 35.7 Å². The van der Waals surface area contributed by atoms with E-state index in [1.165, 1.54) is 60.3 Å². The molecule has 2 heterocycles. The first kappa shape index (κ1) is 32.1. The number of alkyl halides is 4. The van der Waals surface area contributed by atoms with Crippen LogP contribution < -0.4 is 10.3 Å². The standard InChI is InChI=1S/C30H23ClF4N4O5/c1-3-23(39-15-25(44-2)21(12-27(39)41)20-11-19(31)9-8-18(20)14-36)24(40)10-16-4-6-17(7-5-16)22-13-26(38-37-22)29(32,33)30(34,35)28(42)43/h4-9,11-12,15,23H,3,10,13H2,1-2H3,(H,42,43). The van der Waals surface area contributed by atoms with Crippen LogP contribution in [-0.2, 0) is 16.0 Å². The second kappa shape index (κ2) is 12.4. The Morgan fingerprint density at radius 3 is 2.39 bits per heavy atom. The number of benzene rings is 2. The van der Waals surface area contributed by atoms with Gasteiger partial charge in [0.15, 0.2) is 5.78 Å². The van der Waals surface area contributed by atoms with Crippen LogP contribution in [0.15, 0.2) is 69.7 Å². The summed E-state index contributed by atoms with van der Waals surface area (Å²) in [5.74, 6) is -13.5. The van der Waals surface area contributed by atoms with E-state index >= 15 is 0 Å². The zero-order chi connectivity index (χ0) is 32.4. The van der Waals surface area contributed by atoms with Crippen molar-refractivity contribution in [3.05, 3.63) is 86.8 Å². The van der Waals surface area contributed by atoms with Crippen LogP contribution in [-0.4, -0.2) is 51.8 Å². The molecule has 0 radical (unpaired) electrons. The van der Waals surface area contributed by atoms with Crippen molar-refractivity contribution in [3.63, 3.8) is 0 Å². The smallest absolute Gasteiger partial charge is 0.409 e. The maximum atomic E-state index is 14.1. The molecule has 1 unspecified atom stereocenters. The minimum atomic E-state index is -5.36. The molecule has 0 saturated carbocycles. The molecule has 0 aliphatic carbocycles. The molecular formula is C30H23ClF4N4O5. The molecule has 0 saturated heterocycles. The van der Waals surface area contributed by atoms with Crippen LogP contribution in [0, 0.1) is 11.3 Å². The predicted octanol–water partition coefficient (Wildman–Crippen LogP) is 5.72. The van der Waals surface area contributed by atoms with Gasteiger partial charge < -0.3 is 14.4 Å². The minimum Gasteiger partial charge on any atom is -0.495 e. The third-order valence-electron chi connectivity index (χ3n) is 7.07. The normalized spacial score (nSPS) is 14.0. The number of carboxylic acids is 1. The zero-order valence-electron chi connectivity index (χ0n) is 23.2. The lowest BCUT2D eigenvalue weighted by Gasteiger charge is -2.22. The fourth-order valence-electron chi connectivity index (χ4n) is 4.69. The lowest BCUT2D eigenvalue weighted by molar-refractivity contribution is -0.202. The van der Waals surface area contributed by atoms with Crippen molar-refractivity contribution < 1.29 is 37.0 Å². The van der Waals surface area contributed by atoms with Crippen molar-refractivity contribution in [2.45, 2.75) is 44.1 Å². The lowest BCUT2D eigenvalue weighted by Crippen LogP contribution is -2.52. The highest BCUT2D eigenvalue weighted by Crippen LogP contribution is 2.38. The maximum Gasteiger partial charge on any atom is 0.409 e. The van der Waals surface area contributed by atoms with Gasteiger partial charge in [-0.15, -0.1) is 0 Å². The number of ketones is 1. The number of halogens is 5. The molecule has 0 spiro atoms. The molecule has 0 fully saturated rings. The van der Waals surface area contributed by atoms with E-state index in [4.69, 9.17) is 21.4 Å². The van der Waals surface area contributed by atoms with Crippen LogP contribution in [0.1, 0.15) is 42.5 Å². The van der Waals surface area contributed by atoms with Gasteiger partial charge in [0, 0.05) is 35.1 Å². The molecule has 0 bridgehead atoms. The predicted molar refractivity (Wildman–Crippen MR) is 153 cm³/mol. The molecule has 1 N–H and O–H groups in total. The summed E-state index contributed by atoms with van der Waals surface area (Å²) >= 11 is 6.11. The van der Waals surface area contributed by atoms with E-state index in [0.29, 0.717) is 21.7 Å². The van der Waals surface area contributed by atoms with Crippen molar-refractivity contribution in [1.82, 2.24) is 4.57 Å². The third kappa shape index (κ3) is 5.98. The van der Waals surface area contributed by atoms with Crippen molar-refractivity contribution in [3.8, 4) is 22.9 Å². The molecule has 14 heteroatoms. The summed E-state index contributed by atoms with van der Waals surface area (Å²) in [5, 5.41) is 25.0. The highest BCUT2D eigenvalue weighted by atomic mass is 35.5. The number of carbonyl (C=O) groups excluding carboxylic acids is 1. The number of methoxy groups -OCH3 is 1. The van der Waals surface area contributed by atoms with Crippen molar-refractivity contribution >= 4 is 34.8 Å². The Kier molecular flexibility index (Phi) is 9.06. The first-order chi connectivity index (χ1) is 20.7. The van der Waals surface area contributed by atoms with E-state index in [0.717, 1.165) is 0 Å². The molecule has 0 amide bonds. The second-order valence-electron chi connectivity index (χ2n) is 9.79. The number of ether oxygens (including phenoxy) is 1. The lowest BCUT2D eigenvalue weighted by atomic mass is 9.96. The minimum absolute atomic E-state index is 0.0804. The molecule has 1 aliphatic rings. The first-order valence-corrected chi connectivity index (χ1v) is 13.4. The maximum absolute atomic E-state index is 14.1.